The number of halogens is 1. The second kappa shape index (κ2) is 10.1. The Labute approximate surface area is 202 Å². The van der Waals surface area contributed by atoms with Gasteiger partial charge in [0.2, 0.25) is 0 Å². The Morgan fingerprint density at radius 3 is 2.58 bits per heavy atom. The van der Waals surface area contributed by atoms with Gasteiger partial charge in [-0.15, -0.1) is 0 Å². The number of amides is 2. The van der Waals surface area contributed by atoms with Crippen LogP contribution >= 0.6 is 23.4 Å². The summed E-state index contributed by atoms with van der Waals surface area (Å²) in [5, 5.41) is 0.331. The Bertz CT molecular complexity index is 1240. The second-order valence-electron chi connectivity index (χ2n) is 7.49. The third-order valence-corrected chi connectivity index (χ3v) is 6.39. The maximum Gasteiger partial charge on any atom is 0.293 e. The SMILES string of the molecule is COc1cccc(/C=C2\SC(=O)N(Cc3ccccc3C)C2=O)c1OCc1cccc(Cl)c1. The molecule has 0 saturated carbocycles. The van der Waals surface area contributed by atoms with Gasteiger partial charge in [-0.25, -0.2) is 0 Å². The van der Waals surface area contributed by atoms with E-state index in [-0.39, 0.29) is 24.3 Å². The molecule has 0 atom stereocenters. The largest absolute Gasteiger partial charge is 0.493 e. The summed E-state index contributed by atoms with van der Waals surface area (Å²) in [6.45, 7) is 2.48. The smallest absolute Gasteiger partial charge is 0.293 e. The van der Waals surface area contributed by atoms with Crippen LogP contribution in [0, 0.1) is 6.92 Å². The zero-order valence-electron chi connectivity index (χ0n) is 18.2. The molecule has 7 heteroatoms. The minimum absolute atomic E-state index is 0.241. The molecular weight excluding hydrogens is 458 g/mol. The molecule has 1 fully saturated rings. The number of thioether (sulfide) groups is 1. The van der Waals surface area contributed by atoms with E-state index in [9.17, 15) is 9.59 Å². The van der Waals surface area contributed by atoms with Gasteiger partial charge in [0.1, 0.15) is 6.61 Å². The first kappa shape index (κ1) is 23.0. The lowest BCUT2D eigenvalue weighted by Gasteiger charge is -2.15. The molecule has 1 saturated heterocycles. The van der Waals surface area contributed by atoms with E-state index in [1.54, 1.807) is 25.3 Å². The highest BCUT2D eigenvalue weighted by molar-refractivity contribution is 8.18. The molecule has 3 aromatic carbocycles. The first-order chi connectivity index (χ1) is 16.0. The van der Waals surface area contributed by atoms with Crippen molar-refractivity contribution in [2.45, 2.75) is 20.1 Å². The number of nitrogens with zero attached hydrogens (tertiary/aromatic N) is 1. The molecular formula is C26H22ClNO4S. The summed E-state index contributed by atoms with van der Waals surface area (Å²) in [4.78, 5) is 27.3. The fourth-order valence-electron chi connectivity index (χ4n) is 3.48. The summed E-state index contributed by atoms with van der Waals surface area (Å²) in [6.07, 6.45) is 1.68. The van der Waals surface area contributed by atoms with E-state index < -0.39 is 0 Å². The van der Waals surface area contributed by atoms with Crippen LogP contribution in [0.15, 0.2) is 71.6 Å². The summed E-state index contributed by atoms with van der Waals surface area (Å²) in [5.74, 6) is 0.701. The van der Waals surface area contributed by atoms with Crippen LogP contribution in [0.25, 0.3) is 6.08 Å². The molecule has 0 radical (unpaired) electrons. The molecule has 0 aromatic heterocycles. The quantitative estimate of drug-likeness (QED) is 0.363. The lowest BCUT2D eigenvalue weighted by atomic mass is 10.1. The first-order valence-corrected chi connectivity index (χ1v) is 11.5. The van der Waals surface area contributed by atoms with Gasteiger partial charge < -0.3 is 9.47 Å². The zero-order chi connectivity index (χ0) is 23.4. The van der Waals surface area contributed by atoms with Crippen LogP contribution in [0.5, 0.6) is 11.5 Å². The predicted octanol–water partition coefficient (Wildman–Crippen LogP) is 6.47. The van der Waals surface area contributed by atoms with Gasteiger partial charge in [0, 0.05) is 10.6 Å². The van der Waals surface area contributed by atoms with Crippen molar-refractivity contribution in [1.82, 2.24) is 4.90 Å². The number of aryl methyl sites for hydroxylation is 1. The molecule has 2 amide bonds. The van der Waals surface area contributed by atoms with Crippen molar-refractivity contribution in [3.8, 4) is 11.5 Å². The molecule has 1 heterocycles. The summed E-state index contributed by atoms with van der Waals surface area (Å²) in [5.41, 5.74) is 3.52. The molecule has 0 N–H and O–H groups in total. The van der Waals surface area contributed by atoms with E-state index in [2.05, 4.69) is 0 Å². The fourth-order valence-corrected chi connectivity index (χ4v) is 4.52. The Hall–Kier alpha value is -3.22. The molecule has 3 aromatic rings. The van der Waals surface area contributed by atoms with Crippen molar-refractivity contribution in [3.63, 3.8) is 0 Å². The van der Waals surface area contributed by atoms with Crippen molar-refractivity contribution in [2.24, 2.45) is 0 Å². The number of hydrogen-bond acceptors (Lipinski definition) is 5. The van der Waals surface area contributed by atoms with E-state index in [4.69, 9.17) is 21.1 Å². The normalized spacial score (nSPS) is 14.8. The first-order valence-electron chi connectivity index (χ1n) is 10.3. The number of imide groups is 1. The molecule has 0 bridgehead atoms. The molecule has 1 aliphatic rings. The van der Waals surface area contributed by atoms with Crippen molar-refractivity contribution >= 4 is 40.6 Å². The number of carbonyl (C=O) groups excluding carboxylic acids is 2. The predicted molar refractivity (Wildman–Crippen MR) is 131 cm³/mol. The highest BCUT2D eigenvalue weighted by atomic mass is 35.5. The van der Waals surface area contributed by atoms with Crippen LogP contribution in [0.3, 0.4) is 0 Å². The van der Waals surface area contributed by atoms with E-state index in [1.165, 1.54) is 4.90 Å². The van der Waals surface area contributed by atoms with Gasteiger partial charge in [0.15, 0.2) is 11.5 Å². The van der Waals surface area contributed by atoms with Crippen molar-refractivity contribution in [1.29, 1.82) is 0 Å². The Morgan fingerprint density at radius 1 is 1.03 bits per heavy atom. The van der Waals surface area contributed by atoms with Crippen LogP contribution in [0.2, 0.25) is 5.02 Å². The molecule has 0 spiro atoms. The summed E-state index contributed by atoms with van der Waals surface area (Å²) in [6, 6.07) is 20.5. The number of hydrogen-bond donors (Lipinski definition) is 0. The molecule has 33 heavy (non-hydrogen) atoms. The van der Waals surface area contributed by atoms with Crippen LogP contribution in [-0.2, 0) is 17.9 Å². The number of methoxy groups -OCH3 is 1. The highest BCUT2D eigenvalue weighted by Gasteiger charge is 2.35. The maximum absolute atomic E-state index is 13.0. The van der Waals surface area contributed by atoms with Crippen molar-refractivity contribution < 1.29 is 19.1 Å². The monoisotopic (exact) mass is 479 g/mol. The molecule has 0 aliphatic carbocycles. The topological polar surface area (TPSA) is 55.8 Å². The van der Waals surface area contributed by atoms with Gasteiger partial charge in [0.05, 0.1) is 18.6 Å². The fraction of sp³-hybridized carbons (Fsp3) is 0.154. The van der Waals surface area contributed by atoms with E-state index in [1.807, 2.05) is 61.5 Å². The second-order valence-corrected chi connectivity index (χ2v) is 8.92. The average molecular weight is 480 g/mol. The van der Waals surface area contributed by atoms with Crippen molar-refractivity contribution in [2.75, 3.05) is 7.11 Å². The Morgan fingerprint density at radius 2 is 1.82 bits per heavy atom. The van der Waals surface area contributed by atoms with Gasteiger partial charge >= 0.3 is 0 Å². The highest BCUT2D eigenvalue weighted by Crippen LogP contribution is 2.38. The van der Waals surface area contributed by atoms with Crippen molar-refractivity contribution in [3.05, 3.63) is 98.9 Å². The summed E-state index contributed by atoms with van der Waals surface area (Å²) in [7, 11) is 1.56. The van der Waals surface area contributed by atoms with Gasteiger partial charge in [0.25, 0.3) is 11.1 Å². The van der Waals surface area contributed by atoms with E-state index >= 15 is 0 Å². The lowest BCUT2D eigenvalue weighted by molar-refractivity contribution is -0.123. The minimum Gasteiger partial charge on any atom is -0.493 e. The Balaban J connectivity index is 1.60. The Kier molecular flexibility index (Phi) is 7.06. The van der Waals surface area contributed by atoms with Gasteiger partial charge in [-0.05, 0) is 59.7 Å². The van der Waals surface area contributed by atoms with Gasteiger partial charge in [-0.3, -0.25) is 14.5 Å². The van der Waals surface area contributed by atoms with Gasteiger partial charge in [-0.1, -0.05) is 60.1 Å². The third kappa shape index (κ3) is 5.24. The number of ether oxygens (including phenoxy) is 2. The number of rotatable bonds is 7. The standard InChI is InChI=1S/C26H22ClNO4S/c1-17-7-3-4-9-20(17)15-28-25(29)23(33-26(28)30)14-19-10-6-12-22(31-2)24(19)32-16-18-8-5-11-21(27)13-18/h3-14H,15-16H2,1-2H3/b23-14-. The number of carbonyl (C=O) groups is 2. The lowest BCUT2D eigenvalue weighted by Crippen LogP contribution is -2.27. The number of para-hydroxylation sites is 1. The zero-order valence-corrected chi connectivity index (χ0v) is 19.8. The van der Waals surface area contributed by atoms with Crippen LogP contribution in [-0.4, -0.2) is 23.2 Å². The molecule has 5 nitrogen and oxygen atoms in total. The van der Waals surface area contributed by atoms with E-state index in [0.29, 0.717) is 27.0 Å². The molecule has 1 aliphatic heterocycles. The van der Waals surface area contributed by atoms with Crippen LogP contribution < -0.4 is 9.47 Å². The van der Waals surface area contributed by atoms with Crippen LogP contribution in [0.4, 0.5) is 4.79 Å². The minimum atomic E-state index is -0.322. The summed E-state index contributed by atoms with van der Waals surface area (Å²) >= 11 is 7.00. The molecule has 168 valence electrons. The maximum atomic E-state index is 13.0. The van der Waals surface area contributed by atoms with Crippen LogP contribution in [0.1, 0.15) is 22.3 Å². The number of benzene rings is 3. The third-order valence-electron chi connectivity index (χ3n) is 5.25. The molecule has 4 rings (SSSR count). The molecule has 0 unspecified atom stereocenters. The average Bonchev–Trinajstić information content (AvgIpc) is 3.06. The van der Waals surface area contributed by atoms with E-state index in [0.717, 1.165) is 28.5 Å². The van der Waals surface area contributed by atoms with Gasteiger partial charge in [-0.2, -0.15) is 0 Å². The summed E-state index contributed by atoms with van der Waals surface area (Å²) < 4.78 is 11.5.